The summed E-state index contributed by atoms with van der Waals surface area (Å²) in [6.07, 6.45) is -4.39. The summed E-state index contributed by atoms with van der Waals surface area (Å²) in [7, 11) is 3.95. The molecule has 34 heavy (non-hydrogen) atoms. The normalized spacial score (nSPS) is 15.9. The van der Waals surface area contributed by atoms with Crippen molar-refractivity contribution in [2.45, 2.75) is 25.4 Å². The Morgan fingerprint density at radius 1 is 1.12 bits per heavy atom. The predicted molar refractivity (Wildman–Crippen MR) is 122 cm³/mol. The van der Waals surface area contributed by atoms with Crippen LogP contribution in [0.25, 0.3) is 22.4 Å². The van der Waals surface area contributed by atoms with E-state index in [4.69, 9.17) is 0 Å². The minimum Gasteiger partial charge on any atom is -0.406 e. The maximum absolute atomic E-state index is 12.8. The standard InChI is InChI=1S/C25H26F3N3O3/c1-30(2)15-16-6-8-17(9-7-16)23-21(18-4-3-5-20(12-18)34-25(26,27)28)13-22-24(33)29-14-19(10-11-32)31(22)23/h3-9,12-13,19,32H,10-11,14-15H2,1-2H3,(H,29,33). The molecule has 0 radical (unpaired) electrons. The van der Waals surface area contributed by atoms with Crippen molar-refractivity contribution in [2.24, 2.45) is 0 Å². The fourth-order valence-electron chi connectivity index (χ4n) is 4.36. The van der Waals surface area contributed by atoms with Gasteiger partial charge in [0.25, 0.3) is 5.91 Å². The smallest absolute Gasteiger partial charge is 0.406 e. The van der Waals surface area contributed by atoms with E-state index in [-0.39, 0.29) is 24.3 Å². The number of nitrogens with one attached hydrogen (secondary N) is 1. The molecule has 2 heterocycles. The number of nitrogens with zero attached hydrogens (tertiary/aromatic N) is 2. The van der Waals surface area contributed by atoms with Crippen molar-refractivity contribution in [3.8, 4) is 28.1 Å². The van der Waals surface area contributed by atoms with Crippen LogP contribution in [-0.4, -0.2) is 54.1 Å². The van der Waals surface area contributed by atoms with Crippen LogP contribution in [0.3, 0.4) is 0 Å². The Morgan fingerprint density at radius 3 is 2.50 bits per heavy atom. The van der Waals surface area contributed by atoms with Gasteiger partial charge in [-0.1, -0.05) is 36.4 Å². The van der Waals surface area contributed by atoms with Crippen LogP contribution in [0.2, 0.25) is 0 Å². The number of carbonyl (C=O) groups is 1. The largest absolute Gasteiger partial charge is 0.573 e. The van der Waals surface area contributed by atoms with Gasteiger partial charge in [-0.05, 0) is 55.4 Å². The topological polar surface area (TPSA) is 66.7 Å². The zero-order valence-electron chi connectivity index (χ0n) is 18.9. The van der Waals surface area contributed by atoms with E-state index in [9.17, 15) is 23.1 Å². The van der Waals surface area contributed by atoms with Crippen LogP contribution in [0.5, 0.6) is 5.75 Å². The molecule has 1 unspecified atom stereocenters. The molecule has 0 saturated carbocycles. The second-order valence-electron chi connectivity index (χ2n) is 8.55. The first kappa shape index (κ1) is 23.8. The lowest BCUT2D eigenvalue weighted by Gasteiger charge is -2.28. The number of alkyl halides is 3. The molecule has 0 spiro atoms. The Morgan fingerprint density at radius 2 is 1.85 bits per heavy atom. The summed E-state index contributed by atoms with van der Waals surface area (Å²) >= 11 is 0. The third-order valence-corrected chi connectivity index (χ3v) is 5.70. The summed E-state index contributed by atoms with van der Waals surface area (Å²) in [6.45, 7) is 1.04. The molecule has 1 amide bonds. The molecule has 2 N–H and O–H groups in total. The number of aliphatic hydroxyl groups is 1. The average molecular weight is 473 g/mol. The van der Waals surface area contributed by atoms with Crippen molar-refractivity contribution in [1.82, 2.24) is 14.8 Å². The van der Waals surface area contributed by atoms with E-state index in [0.717, 1.165) is 17.7 Å². The Bertz CT molecular complexity index is 1170. The van der Waals surface area contributed by atoms with Gasteiger partial charge in [0.1, 0.15) is 11.4 Å². The number of hydrogen-bond donors (Lipinski definition) is 2. The highest BCUT2D eigenvalue weighted by Gasteiger charge is 2.32. The molecular formula is C25H26F3N3O3. The lowest BCUT2D eigenvalue weighted by atomic mass is 9.99. The highest BCUT2D eigenvalue weighted by atomic mass is 19.4. The van der Waals surface area contributed by atoms with Gasteiger partial charge in [-0.3, -0.25) is 4.79 Å². The number of hydrogen-bond acceptors (Lipinski definition) is 4. The molecule has 1 aromatic heterocycles. The summed E-state index contributed by atoms with van der Waals surface area (Å²) < 4.78 is 44.5. The van der Waals surface area contributed by atoms with E-state index < -0.39 is 6.36 Å². The van der Waals surface area contributed by atoms with E-state index in [1.165, 1.54) is 18.2 Å². The molecule has 9 heteroatoms. The van der Waals surface area contributed by atoms with Gasteiger partial charge in [0.05, 0.1) is 11.7 Å². The molecule has 4 rings (SSSR count). The molecule has 0 saturated heterocycles. The zero-order chi connectivity index (χ0) is 24.5. The molecule has 1 aliphatic rings. The van der Waals surface area contributed by atoms with E-state index in [0.29, 0.717) is 35.5 Å². The van der Waals surface area contributed by atoms with E-state index in [2.05, 4.69) is 10.1 Å². The predicted octanol–water partition coefficient (Wildman–Crippen LogP) is 4.45. The van der Waals surface area contributed by atoms with Crippen LogP contribution >= 0.6 is 0 Å². The summed E-state index contributed by atoms with van der Waals surface area (Å²) in [5.74, 6) is -0.605. The molecule has 0 fully saturated rings. The fourth-order valence-corrected chi connectivity index (χ4v) is 4.36. The second-order valence-corrected chi connectivity index (χ2v) is 8.55. The van der Waals surface area contributed by atoms with Gasteiger partial charge in [0.2, 0.25) is 0 Å². The summed E-state index contributed by atoms with van der Waals surface area (Å²) in [5.41, 5.74) is 4.14. The minimum absolute atomic E-state index is 0.0659. The number of rotatable bonds is 7. The van der Waals surface area contributed by atoms with Crippen molar-refractivity contribution in [1.29, 1.82) is 0 Å². The Balaban J connectivity index is 1.88. The molecule has 0 bridgehead atoms. The number of benzene rings is 2. The highest BCUT2D eigenvalue weighted by molar-refractivity contribution is 5.98. The number of ether oxygens (including phenoxy) is 1. The van der Waals surface area contributed by atoms with Crippen LogP contribution in [0.15, 0.2) is 54.6 Å². The van der Waals surface area contributed by atoms with Gasteiger partial charge >= 0.3 is 6.36 Å². The molecule has 180 valence electrons. The fraction of sp³-hybridized carbons (Fsp3) is 0.320. The molecular weight excluding hydrogens is 447 g/mol. The molecule has 3 aromatic rings. The number of halogens is 3. The van der Waals surface area contributed by atoms with Crippen molar-refractivity contribution in [3.63, 3.8) is 0 Å². The van der Waals surface area contributed by atoms with Crippen LogP contribution in [0.4, 0.5) is 13.2 Å². The summed E-state index contributed by atoms with van der Waals surface area (Å²) in [4.78, 5) is 14.8. The first-order valence-electron chi connectivity index (χ1n) is 10.9. The molecule has 1 atom stereocenters. The average Bonchev–Trinajstić information content (AvgIpc) is 3.17. The van der Waals surface area contributed by atoms with Crippen molar-refractivity contribution in [3.05, 3.63) is 65.9 Å². The molecule has 2 aromatic carbocycles. The lowest BCUT2D eigenvalue weighted by Crippen LogP contribution is -2.39. The molecule has 0 aliphatic carbocycles. The van der Waals surface area contributed by atoms with Crippen molar-refractivity contribution in [2.75, 3.05) is 27.2 Å². The Kier molecular flexibility index (Phi) is 6.67. The van der Waals surface area contributed by atoms with Crippen LogP contribution in [-0.2, 0) is 6.54 Å². The number of aliphatic hydroxyl groups excluding tert-OH is 1. The quantitative estimate of drug-likeness (QED) is 0.532. The number of fused-ring (bicyclic) bond motifs is 1. The van der Waals surface area contributed by atoms with Gasteiger partial charge in [-0.25, -0.2) is 0 Å². The van der Waals surface area contributed by atoms with E-state index in [1.807, 2.05) is 47.8 Å². The third kappa shape index (κ3) is 5.10. The lowest BCUT2D eigenvalue weighted by molar-refractivity contribution is -0.274. The van der Waals surface area contributed by atoms with Crippen LogP contribution < -0.4 is 10.1 Å². The van der Waals surface area contributed by atoms with Crippen molar-refractivity contribution >= 4 is 5.91 Å². The zero-order valence-corrected chi connectivity index (χ0v) is 18.9. The van der Waals surface area contributed by atoms with Gasteiger partial charge in [0.15, 0.2) is 0 Å². The highest BCUT2D eigenvalue weighted by Crippen LogP contribution is 2.40. The maximum atomic E-state index is 12.8. The van der Waals surface area contributed by atoms with Crippen molar-refractivity contribution < 1.29 is 27.8 Å². The maximum Gasteiger partial charge on any atom is 0.573 e. The van der Waals surface area contributed by atoms with Crippen LogP contribution in [0, 0.1) is 0 Å². The number of carbonyl (C=O) groups excluding carboxylic acids is 1. The molecule has 1 aliphatic heterocycles. The Labute approximate surface area is 195 Å². The van der Waals surface area contributed by atoms with Gasteiger partial charge in [-0.2, -0.15) is 0 Å². The number of aromatic nitrogens is 1. The van der Waals surface area contributed by atoms with Crippen LogP contribution in [0.1, 0.15) is 28.5 Å². The molecule has 6 nitrogen and oxygen atoms in total. The van der Waals surface area contributed by atoms with E-state index >= 15 is 0 Å². The monoisotopic (exact) mass is 473 g/mol. The third-order valence-electron chi connectivity index (χ3n) is 5.70. The number of amides is 1. The first-order valence-corrected chi connectivity index (χ1v) is 10.9. The Hall–Kier alpha value is -3.30. The minimum atomic E-state index is -4.81. The summed E-state index contributed by atoms with van der Waals surface area (Å²) in [6, 6.07) is 15.1. The van der Waals surface area contributed by atoms with Gasteiger partial charge in [0, 0.05) is 25.3 Å². The van der Waals surface area contributed by atoms with E-state index in [1.54, 1.807) is 12.1 Å². The first-order chi connectivity index (χ1) is 16.2. The van der Waals surface area contributed by atoms with Gasteiger partial charge < -0.3 is 24.6 Å². The van der Waals surface area contributed by atoms with Gasteiger partial charge in [-0.15, -0.1) is 13.2 Å². The SMILES string of the molecule is CN(C)Cc1ccc(-c2c(-c3cccc(OC(F)(F)F)c3)cc3n2C(CCO)CNC3=O)cc1. The summed E-state index contributed by atoms with van der Waals surface area (Å²) in [5, 5.41) is 12.4. The second kappa shape index (κ2) is 9.52.